The van der Waals surface area contributed by atoms with Gasteiger partial charge in [-0.25, -0.2) is 0 Å². The smallest absolute Gasteiger partial charge is 0.253 e. The minimum atomic E-state index is -0.520. The average molecular weight is 209 g/mol. The van der Waals surface area contributed by atoms with Crippen LogP contribution >= 0.6 is 34.9 Å². The first kappa shape index (κ1) is 8.83. The van der Waals surface area contributed by atoms with Crippen molar-refractivity contribution >= 4 is 40.8 Å². The maximum Gasteiger partial charge on any atom is 0.253 e. The lowest BCUT2D eigenvalue weighted by Gasteiger charge is -1.92. The van der Waals surface area contributed by atoms with Crippen molar-refractivity contribution in [1.82, 2.24) is 4.37 Å². The van der Waals surface area contributed by atoms with Crippen LogP contribution in [0.15, 0.2) is 4.21 Å². The minimum absolute atomic E-state index is 0.201. The van der Waals surface area contributed by atoms with E-state index in [0.717, 1.165) is 4.21 Å². The van der Waals surface area contributed by atoms with Crippen LogP contribution in [-0.4, -0.2) is 16.5 Å². The van der Waals surface area contributed by atoms with Crippen molar-refractivity contribution in [2.75, 3.05) is 6.26 Å². The van der Waals surface area contributed by atoms with Crippen LogP contribution in [-0.2, 0) is 0 Å². The first-order chi connectivity index (χ1) is 5.16. The van der Waals surface area contributed by atoms with Gasteiger partial charge in [0.25, 0.3) is 5.91 Å². The highest BCUT2D eigenvalue weighted by Gasteiger charge is 2.15. The second-order valence-corrected chi connectivity index (χ2v) is 3.91. The van der Waals surface area contributed by atoms with Crippen molar-refractivity contribution < 1.29 is 4.79 Å². The Kier molecular flexibility index (Phi) is 2.75. The van der Waals surface area contributed by atoms with E-state index in [9.17, 15) is 4.79 Å². The number of primary amides is 1. The van der Waals surface area contributed by atoms with E-state index in [1.54, 1.807) is 0 Å². The van der Waals surface area contributed by atoms with Crippen LogP contribution in [0.2, 0.25) is 5.15 Å². The Morgan fingerprint density at radius 3 is 2.82 bits per heavy atom. The number of rotatable bonds is 2. The third-order valence-corrected chi connectivity index (χ3v) is 3.37. The molecular weight excluding hydrogens is 204 g/mol. The first-order valence-corrected chi connectivity index (χ1v) is 5.03. The number of nitrogens with zero attached hydrogens (tertiary/aromatic N) is 1. The molecule has 0 aromatic carbocycles. The molecule has 1 aromatic heterocycles. The van der Waals surface area contributed by atoms with Crippen molar-refractivity contribution in [3.63, 3.8) is 0 Å². The molecule has 0 atom stereocenters. The summed E-state index contributed by atoms with van der Waals surface area (Å²) in [5, 5.41) is 0.201. The molecule has 60 valence electrons. The van der Waals surface area contributed by atoms with Gasteiger partial charge in [-0.15, -0.1) is 11.8 Å². The van der Waals surface area contributed by atoms with Crippen LogP contribution in [0.3, 0.4) is 0 Å². The Labute approximate surface area is 77.1 Å². The number of thioether (sulfide) groups is 1. The summed E-state index contributed by atoms with van der Waals surface area (Å²) >= 11 is 8.20. The van der Waals surface area contributed by atoms with Gasteiger partial charge in [0.1, 0.15) is 5.56 Å². The molecule has 11 heavy (non-hydrogen) atoms. The van der Waals surface area contributed by atoms with Crippen LogP contribution in [0.4, 0.5) is 0 Å². The Hall–Kier alpha value is -0.260. The zero-order chi connectivity index (χ0) is 8.43. The van der Waals surface area contributed by atoms with Gasteiger partial charge in [-0.1, -0.05) is 11.6 Å². The van der Waals surface area contributed by atoms with E-state index in [1.807, 2.05) is 6.26 Å². The summed E-state index contributed by atoms with van der Waals surface area (Å²) in [4.78, 5) is 10.8. The molecule has 0 unspecified atom stereocenters. The lowest BCUT2D eigenvalue weighted by Crippen LogP contribution is -2.11. The topological polar surface area (TPSA) is 56.0 Å². The Morgan fingerprint density at radius 2 is 2.45 bits per heavy atom. The second-order valence-electron chi connectivity index (χ2n) is 1.70. The maximum absolute atomic E-state index is 10.8. The van der Waals surface area contributed by atoms with Crippen molar-refractivity contribution in [2.24, 2.45) is 5.73 Å². The van der Waals surface area contributed by atoms with Crippen LogP contribution in [0.25, 0.3) is 0 Å². The van der Waals surface area contributed by atoms with Gasteiger partial charge >= 0.3 is 0 Å². The normalized spacial score (nSPS) is 10.0. The number of carbonyl (C=O) groups excluding carboxylic acids is 1. The summed E-state index contributed by atoms with van der Waals surface area (Å²) in [6, 6.07) is 0. The molecule has 0 aliphatic rings. The first-order valence-electron chi connectivity index (χ1n) is 2.65. The quantitative estimate of drug-likeness (QED) is 0.752. The van der Waals surface area contributed by atoms with Gasteiger partial charge in [0.15, 0.2) is 5.15 Å². The minimum Gasteiger partial charge on any atom is -0.365 e. The number of carbonyl (C=O) groups is 1. The summed E-state index contributed by atoms with van der Waals surface area (Å²) < 4.78 is 4.56. The van der Waals surface area contributed by atoms with Gasteiger partial charge in [-0.2, -0.15) is 4.37 Å². The van der Waals surface area contributed by atoms with Gasteiger partial charge in [-0.05, 0) is 17.8 Å². The highest BCUT2D eigenvalue weighted by molar-refractivity contribution is 8.00. The van der Waals surface area contributed by atoms with E-state index in [2.05, 4.69) is 4.37 Å². The molecule has 0 bridgehead atoms. The van der Waals surface area contributed by atoms with Crippen molar-refractivity contribution in [1.29, 1.82) is 0 Å². The average Bonchev–Trinajstić information content (AvgIpc) is 2.30. The molecule has 0 fully saturated rings. The number of aromatic nitrogens is 1. The van der Waals surface area contributed by atoms with E-state index >= 15 is 0 Å². The maximum atomic E-state index is 10.8. The van der Waals surface area contributed by atoms with E-state index in [0.29, 0.717) is 5.56 Å². The Bertz CT molecular complexity index is 286. The Morgan fingerprint density at radius 1 is 1.82 bits per heavy atom. The molecule has 1 rings (SSSR count). The third kappa shape index (κ3) is 1.66. The largest absolute Gasteiger partial charge is 0.365 e. The zero-order valence-electron chi connectivity index (χ0n) is 5.63. The molecule has 0 saturated heterocycles. The molecule has 1 aromatic rings. The molecule has 0 aliphatic heterocycles. The zero-order valence-corrected chi connectivity index (χ0v) is 8.02. The number of amides is 1. The molecule has 0 saturated carbocycles. The van der Waals surface area contributed by atoms with Crippen LogP contribution in [0, 0.1) is 0 Å². The SMILES string of the molecule is CSc1snc(Cl)c1C(N)=O. The van der Waals surface area contributed by atoms with Gasteiger partial charge < -0.3 is 5.73 Å². The van der Waals surface area contributed by atoms with E-state index in [4.69, 9.17) is 17.3 Å². The summed E-state index contributed by atoms with van der Waals surface area (Å²) in [7, 11) is 0. The standard InChI is InChI=1S/C5H5ClN2OS2/c1-10-5-2(4(7)9)3(6)8-11-5/h1H3,(H2,7,9). The van der Waals surface area contributed by atoms with Crippen molar-refractivity contribution in [3.8, 4) is 0 Å². The monoisotopic (exact) mass is 208 g/mol. The molecule has 1 heterocycles. The fraction of sp³-hybridized carbons (Fsp3) is 0.200. The molecule has 0 aliphatic carbocycles. The Balaban J connectivity index is 3.17. The molecule has 3 nitrogen and oxygen atoms in total. The predicted octanol–water partition coefficient (Wildman–Crippen LogP) is 1.62. The molecule has 0 spiro atoms. The molecule has 2 N–H and O–H groups in total. The van der Waals surface area contributed by atoms with Gasteiger partial charge in [0.2, 0.25) is 0 Å². The number of hydrogen-bond donors (Lipinski definition) is 1. The van der Waals surface area contributed by atoms with Gasteiger partial charge in [-0.3, -0.25) is 4.79 Å². The molecule has 1 amide bonds. The van der Waals surface area contributed by atoms with E-state index in [-0.39, 0.29) is 5.15 Å². The highest BCUT2D eigenvalue weighted by Crippen LogP contribution is 2.29. The van der Waals surface area contributed by atoms with Crippen molar-refractivity contribution in [3.05, 3.63) is 10.7 Å². The summed E-state index contributed by atoms with van der Waals surface area (Å²) in [6.07, 6.45) is 1.84. The lowest BCUT2D eigenvalue weighted by molar-refractivity contribution is 0.0998. The van der Waals surface area contributed by atoms with E-state index in [1.165, 1.54) is 23.3 Å². The molecule has 0 radical (unpaired) electrons. The van der Waals surface area contributed by atoms with E-state index < -0.39 is 5.91 Å². The molecule has 6 heteroatoms. The summed E-state index contributed by atoms with van der Waals surface area (Å²) in [5.74, 6) is -0.520. The fourth-order valence-electron chi connectivity index (χ4n) is 0.599. The van der Waals surface area contributed by atoms with Gasteiger partial charge in [0.05, 0.1) is 4.21 Å². The summed E-state index contributed by atoms with van der Waals surface area (Å²) in [5.41, 5.74) is 5.40. The van der Waals surface area contributed by atoms with Crippen LogP contribution in [0.1, 0.15) is 10.4 Å². The number of halogens is 1. The number of nitrogens with two attached hydrogens (primary N) is 1. The van der Waals surface area contributed by atoms with Gasteiger partial charge in [0, 0.05) is 0 Å². The van der Waals surface area contributed by atoms with Crippen molar-refractivity contribution in [2.45, 2.75) is 4.21 Å². The fourth-order valence-corrected chi connectivity index (χ4v) is 2.36. The van der Waals surface area contributed by atoms with Crippen LogP contribution in [0.5, 0.6) is 0 Å². The predicted molar refractivity (Wildman–Crippen MR) is 47.4 cm³/mol. The third-order valence-electron chi connectivity index (χ3n) is 1.05. The lowest BCUT2D eigenvalue weighted by atomic mass is 10.4. The molecular formula is C5H5ClN2OS2. The highest BCUT2D eigenvalue weighted by atomic mass is 35.5. The van der Waals surface area contributed by atoms with Crippen LogP contribution < -0.4 is 5.73 Å². The second kappa shape index (κ2) is 3.42. The summed E-state index contributed by atoms with van der Waals surface area (Å²) in [6.45, 7) is 0. The number of hydrogen-bond acceptors (Lipinski definition) is 4.